The summed E-state index contributed by atoms with van der Waals surface area (Å²) in [5.74, 6) is 2.45. The van der Waals surface area contributed by atoms with Gasteiger partial charge in [0.05, 0.1) is 0 Å². The molecule has 1 heterocycles. The van der Waals surface area contributed by atoms with E-state index >= 15 is 0 Å². The lowest BCUT2D eigenvalue weighted by atomic mass is 10.1. The van der Waals surface area contributed by atoms with Crippen LogP contribution in [0.5, 0.6) is 0 Å². The van der Waals surface area contributed by atoms with Crippen molar-refractivity contribution in [2.24, 2.45) is 0 Å². The molecular formula is C20H15ClN2O2. The molecule has 0 radical (unpaired) electrons. The van der Waals surface area contributed by atoms with Crippen LogP contribution in [0, 0.1) is 12.3 Å². The van der Waals surface area contributed by atoms with Crippen LogP contribution >= 0.6 is 11.6 Å². The SMILES string of the molecule is C#Cc1cccc(N(CC)C(=O)c2cc(-c3cccc(Cl)c3)no2)c1. The maximum Gasteiger partial charge on any atom is 0.296 e. The Morgan fingerprint density at radius 1 is 1.24 bits per heavy atom. The fraction of sp³-hybridized carbons (Fsp3) is 0.100. The molecule has 0 spiro atoms. The van der Waals surface area contributed by atoms with Gasteiger partial charge in [-0.15, -0.1) is 6.42 Å². The molecule has 0 N–H and O–H groups in total. The van der Waals surface area contributed by atoms with Crippen molar-refractivity contribution in [3.63, 3.8) is 0 Å². The van der Waals surface area contributed by atoms with E-state index in [1.807, 2.05) is 37.3 Å². The second kappa shape index (κ2) is 7.25. The Morgan fingerprint density at radius 2 is 2.04 bits per heavy atom. The van der Waals surface area contributed by atoms with Gasteiger partial charge in [0.1, 0.15) is 5.69 Å². The normalized spacial score (nSPS) is 10.3. The molecule has 3 aromatic rings. The van der Waals surface area contributed by atoms with E-state index in [2.05, 4.69) is 11.1 Å². The Kier molecular flexibility index (Phi) is 4.87. The van der Waals surface area contributed by atoms with Crippen molar-refractivity contribution >= 4 is 23.2 Å². The van der Waals surface area contributed by atoms with Crippen LogP contribution in [0.15, 0.2) is 59.1 Å². The van der Waals surface area contributed by atoms with Gasteiger partial charge in [-0.05, 0) is 37.3 Å². The maximum atomic E-state index is 12.8. The molecule has 0 aliphatic heterocycles. The molecule has 0 aliphatic rings. The van der Waals surface area contributed by atoms with Gasteiger partial charge in [0.25, 0.3) is 5.91 Å². The molecule has 0 bridgehead atoms. The second-order valence-corrected chi connectivity index (χ2v) is 5.77. The Balaban J connectivity index is 1.90. The lowest BCUT2D eigenvalue weighted by Gasteiger charge is -2.19. The van der Waals surface area contributed by atoms with E-state index in [-0.39, 0.29) is 11.7 Å². The first kappa shape index (κ1) is 16.8. The Bertz CT molecular complexity index is 956. The van der Waals surface area contributed by atoms with Gasteiger partial charge in [-0.1, -0.05) is 40.9 Å². The number of rotatable bonds is 4. The minimum Gasteiger partial charge on any atom is -0.350 e. The third-order valence-corrected chi connectivity index (χ3v) is 3.96. The van der Waals surface area contributed by atoms with Crippen molar-refractivity contribution in [3.8, 4) is 23.6 Å². The predicted molar refractivity (Wildman–Crippen MR) is 98.7 cm³/mol. The van der Waals surface area contributed by atoms with Crippen molar-refractivity contribution in [1.82, 2.24) is 5.16 Å². The number of benzene rings is 2. The predicted octanol–water partition coefficient (Wildman–Crippen LogP) is 4.64. The number of amides is 1. The molecule has 2 aromatic carbocycles. The highest BCUT2D eigenvalue weighted by Gasteiger charge is 2.21. The number of hydrogen-bond acceptors (Lipinski definition) is 3. The molecule has 0 saturated carbocycles. The van der Waals surface area contributed by atoms with Crippen LogP contribution in [0.4, 0.5) is 5.69 Å². The molecule has 25 heavy (non-hydrogen) atoms. The maximum absolute atomic E-state index is 12.8. The van der Waals surface area contributed by atoms with Crippen molar-refractivity contribution in [2.75, 3.05) is 11.4 Å². The molecule has 0 fully saturated rings. The van der Waals surface area contributed by atoms with Crippen molar-refractivity contribution < 1.29 is 9.32 Å². The summed E-state index contributed by atoms with van der Waals surface area (Å²) in [6.07, 6.45) is 5.43. The number of carbonyl (C=O) groups is 1. The largest absolute Gasteiger partial charge is 0.350 e. The lowest BCUT2D eigenvalue weighted by molar-refractivity contribution is 0.0953. The monoisotopic (exact) mass is 350 g/mol. The zero-order valence-corrected chi connectivity index (χ0v) is 14.3. The van der Waals surface area contributed by atoms with E-state index in [1.54, 1.807) is 29.2 Å². The van der Waals surface area contributed by atoms with Crippen molar-refractivity contribution in [1.29, 1.82) is 0 Å². The molecule has 4 nitrogen and oxygen atoms in total. The first-order chi connectivity index (χ1) is 12.1. The number of aromatic nitrogens is 1. The number of terminal acetylenes is 1. The molecule has 0 atom stereocenters. The molecule has 124 valence electrons. The molecule has 0 unspecified atom stereocenters. The van der Waals surface area contributed by atoms with Gasteiger partial charge < -0.3 is 9.42 Å². The molecule has 5 heteroatoms. The lowest BCUT2D eigenvalue weighted by Crippen LogP contribution is -2.30. The first-order valence-corrected chi connectivity index (χ1v) is 8.11. The van der Waals surface area contributed by atoms with E-state index in [4.69, 9.17) is 22.5 Å². The van der Waals surface area contributed by atoms with Gasteiger partial charge in [0.15, 0.2) is 0 Å². The molecule has 1 aromatic heterocycles. The highest BCUT2D eigenvalue weighted by atomic mass is 35.5. The third-order valence-electron chi connectivity index (χ3n) is 3.73. The Morgan fingerprint density at radius 3 is 2.76 bits per heavy atom. The average Bonchev–Trinajstić information content (AvgIpc) is 3.13. The number of carbonyl (C=O) groups excluding carboxylic acids is 1. The van der Waals surface area contributed by atoms with E-state index in [9.17, 15) is 4.79 Å². The smallest absolute Gasteiger partial charge is 0.296 e. The van der Waals surface area contributed by atoms with E-state index in [1.165, 1.54) is 0 Å². The van der Waals surface area contributed by atoms with Crippen molar-refractivity contribution in [2.45, 2.75) is 6.92 Å². The summed E-state index contributed by atoms with van der Waals surface area (Å²) in [4.78, 5) is 14.4. The molecule has 3 rings (SSSR count). The summed E-state index contributed by atoms with van der Waals surface area (Å²) in [7, 11) is 0. The molecule has 0 aliphatic carbocycles. The summed E-state index contributed by atoms with van der Waals surface area (Å²) in [5.41, 5.74) is 2.76. The van der Waals surface area contributed by atoms with Crippen LogP contribution in [0.3, 0.4) is 0 Å². The standard InChI is InChI=1S/C20H15ClN2O2/c1-3-14-7-5-10-17(11-14)23(4-2)20(24)19-13-18(22-25-19)15-8-6-9-16(21)12-15/h1,5-13H,4H2,2H3. The van der Waals surface area contributed by atoms with Crippen LogP contribution in [-0.2, 0) is 0 Å². The third kappa shape index (κ3) is 3.57. The highest BCUT2D eigenvalue weighted by Crippen LogP contribution is 2.24. The van der Waals surface area contributed by atoms with E-state index in [0.29, 0.717) is 28.5 Å². The first-order valence-electron chi connectivity index (χ1n) is 7.73. The molecule has 0 saturated heterocycles. The molecule has 1 amide bonds. The Labute approximate surface area is 151 Å². The quantitative estimate of drug-likeness (QED) is 0.644. The zero-order valence-electron chi connectivity index (χ0n) is 13.6. The van der Waals surface area contributed by atoms with Crippen LogP contribution in [0.2, 0.25) is 5.02 Å². The van der Waals surface area contributed by atoms with E-state index < -0.39 is 0 Å². The van der Waals surface area contributed by atoms with Crippen LogP contribution < -0.4 is 4.90 Å². The van der Waals surface area contributed by atoms with Gasteiger partial charge >= 0.3 is 0 Å². The summed E-state index contributed by atoms with van der Waals surface area (Å²) in [6, 6.07) is 16.1. The number of halogens is 1. The summed E-state index contributed by atoms with van der Waals surface area (Å²) in [6.45, 7) is 2.36. The summed E-state index contributed by atoms with van der Waals surface area (Å²) in [5, 5.41) is 4.57. The Hall–Kier alpha value is -3.03. The van der Waals surface area contributed by atoms with Crippen LogP contribution in [-0.4, -0.2) is 17.6 Å². The van der Waals surface area contributed by atoms with Crippen LogP contribution in [0.1, 0.15) is 23.0 Å². The minimum absolute atomic E-state index is 0.155. The topological polar surface area (TPSA) is 46.3 Å². The van der Waals surface area contributed by atoms with E-state index in [0.717, 1.165) is 5.56 Å². The van der Waals surface area contributed by atoms with Gasteiger partial charge in [-0.2, -0.15) is 0 Å². The minimum atomic E-state index is -0.280. The van der Waals surface area contributed by atoms with Crippen LogP contribution in [0.25, 0.3) is 11.3 Å². The molecular weight excluding hydrogens is 336 g/mol. The number of hydrogen-bond donors (Lipinski definition) is 0. The van der Waals surface area contributed by atoms with Gasteiger partial charge in [-0.3, -0.25) is 4.79 Å². The number of anilines is 1. The van der Waals surface area contributed by atoms with Gasteiger partial charge in [-0.25, -0.2) is 0 Å². The fourth-order valence-corrected chi connectivity index (χ4v) is 2.69. The summed E-state index contributed by atoms with van der Waals surface area (Å²) < 4.78 is 5.26. The zero-order chi connectivity index (χ0) is 17.8. The van der Waals surface area contributed by atoms with Gasteiger partial charge in [0, 0.05) is 34.4 Å². The highest BCUT2D eigenvalue weighted by molar-refractivity contribution is 6.30. The second-order valence-electron chi connectivity index (χ2n) is 5.33. The number of nitrogens with zero attached hydrogens (tertiary/aromatic N) is 2. The average molecular weight is 351 g/mol. The summed E-state index contributed by atoms with van der Waals surface area (Å²) >= 11 is 6.00. The van der Waals surface area contributed by atoms with Crippen molar-refractivity contribution in [3.05, 3.63) is 70.9 Å². The van der Waals surface area contributed by atoms with Gasteiger partial charge in [0.2, 0.25) is 5.76 Å². The fourth-order valence-electron chi connectivity index (χ4n) is 2.50.